The number of hydrogen-bond acceptors (Lipinski definition) is 7. The lowest BCUT2D eigenvalue weighted by atomic mass is 10.3. The van der Waals surface area contributed by atoms with Gasteiger partial charge < -0.3 is 14.7 Å². The van der Waals surface area contributed by atoms with Gasteiger partial charge in [0.2, 0.25) is 0 Å². The molecule has 0 saturated carbocycles. The van der Waals surface area contributed by atoms with E-state index in [0.717, 1.165) is 22.2 Å². The summed E-state index contributed by atoms with van der Waals surface area (Å²) in [4.78, 5) is 51.8. The lowest BCUT2D eigenvalue weighted by Gasteiger charge is -2.10. The van der Waals surface area contributed by atoms with Crippen molar-refractivity contribution in [2.45, 2.75) is 26.9 Å². The van der Waals surface area contributed by atoms with Crippen molar-refractivity contribution in [1.29, 1.82) is 0 Å². The first-order valence-corrected chi connectivity index (χ1v) is 10.1. The van der Waals surface area contributed by atoms with Gasteiger partial charge in [0.25, 0.3) is 17.0 Å². The number of rotatable bonds is 7. The fraction of sp³-hybridized carbons (Fsp3) is 0.238. The van der Waals surface area contributed by atoms with E-state index in [0.29, 0.717) is 11.6 Å². The Kier molecular flexibility index (Phi) is 5.89. The average molecular weight is 451 g/mol. The summed E-state index contributed by atoms with van der Waals surface area (Å²) in [5.41, 5.74) is -0.323. The van der Waals surface area contributed by atoms with E-state index in [1.54, 1.807) is 22.9 Å². The van der Waals surface area contributed by atoms with Crippen molar-refractivity contribution >= 4 is 5.91 Å². The van der Waals surface area contributed by atoms with Crippen LogP contribution in [-0.4, -0.2) is 41.6 Å². The molecule has 170 valence electrons. The minimum atomic E-state index is -0.755. The van der Waals surface area contributed by atoms with Gasteiger partial charge in [-0.05, 0) is 38.1 Å². The highest BCUT2D eigenvalue weighted by Gasteiger charge is 2.16. The molecule has 33 heavy (non-hydrogen) atoms. The van der Waals surface area contributed by atoms with E-state index in [9.17, 15) is 19.2 Å². The Labute approximate surface area is 186 Å². The second-order valence-corrected chi connectivity index (χ2v) is 7.33. The van der Waals surface area contributed by atoms with Gasteiger partial charge >= 0.3 is 5.69 Å². The number of aromatic amines is 1. The SMILES string of the molecule is Cc1cc(C)n(-c2ccc(=O)n(CCNC(=O)c3c[nH]c(=O)n(Cc4ccco4)c3=O)n2)n1. The summed E-state index contributed by atoms with van der Waals surface area (Å²) in [5.74, 6) is 0.174. The van der Waals surface area contributed by atoms with Crippen molar-refractivity contribution < 1.29 is 9.21 Å². The topological polar surface area (TPSA) is 150 Å². The maximum absolute atomic E-state index is 12.6. The Bertz CT molecular complexity index is 1470. The second-order valence-electron chi connectivity index (χ2n) is 7.33. The van der Waals surface area contributed by atoms with Crippen LogP contribution in [0.3, 0.4) is 0 Å². The van der Waals surface area contributed by atoms with E-state index in [-0.39, 0.29) is 30.8 Å². The van der Waals surface area contributed by atoms with E-state index < -0.39 is 17.2 Å². The van der Waals surface area contributed by atoms with E-state index in [2.05, 4.69) is 20.5 Å². The van der Waals surface area contributed by atoms with E-state index >= 15 is 0 Å². The van der Waals surface area contributed by atoms with Crippen LogP contribution in [0.4, 0.5) is 0 Å². The van der Waals surface area contributed by atoms with Gasteiger partial charge in [-0.2, -0.15) is 5.10 Å². The van der Waals surface area contributed by atoms with Crippen LogP contribution >= 0.6 is 0 Å². The molecule has 0 aliphatic carbocycles. The zero-order valence-electron chi connectivity index (χ0n) is 17.9. The normalized spacial score (nSPS) is 11.0. The molecule has 0 spiro atoms. The van der Waals surface area contributed by atoms with Crippen LogP contribution in [0.5, 0.6) is 0 Å². The Morgan fingerprint density at radius 2 is 1.97 bits per heavy atom. The summed E-state index contributed by atoms with van der Waals surface area (Å²) in [6, 6.07) is 8.07. The first-order valence-electron chi connectivity index (χ1n) is 10.1. The van der Waals surface area contributed by atoms with Crippen molar-refractivity contribution in [2.24, 2.45) is 0 Å². The van der Waals surface area contributed by atoms with Crippen molar-refractivity contribution in [2.75, 3.05) is 6.54 Å². The molecule has 0 bridgehead atoms. The molecule has 0 fully saturated rings. The number of nitrogens with zero attached hydrogens (tertiary/aromatic N) is 5. The van der Waals surface area contributed by atoms with Gasteiger partial charge in [-0.25, -0.2) is 14.2 Å². The van der Waals surface area contributed by atoms with Crippen LogP contribution in [0.15, 0.2) is 61.6 Å². The van der Waals surface area contributed by atoms with E-state index in [1.165, 1.54) is 17.0 Å². The molecule has 0 radical (unpaired) electrons. The van der Waals surface area contributed by atoms with Gasteiger partial charge in [0.1, 0.15) is 11.3 Å². The molecule has 0 atom stereocenters. The van der Waals surface area contributed by atoms with Crippen LogP contribution in [-0.2, 0) is 13.1 Å². The number of furan rings is 1. The number of amides is 1. The Hall–Kier alpha value is -4.48. The molecular weight excluding hydrogens is 430 g/mol. The molecule has 0 unspecified atom stereocenters. The number of carbonyl (C=O) groups excluding carboxylic acids is 1. The summed E-state index contributed by atoms with van der Waals surface area (Å²) in [5, 5.41) is 11.2. The lowest BCUT2D eigenvalue weighted by molar-refractivity contribution is 0.0949. The second kappa shape index (κ2) is 8.94. The minimum Gasteiger partial charge on any atom is -0.467 e. The number of aryl methyl sites for hydroxylation is 2. The van der Waals surface area contributed by atoms with Gasteiger partial charge in [-0.3, -0.25) is 19.0 Å². The molecule has 0 saturated heterocycles. The number of aromatic nitrogens is 6. The first-order chi connectivity index (χ1) is 15.8. The van der Waals surface area contributed by atoms with Crippen molar-refractivity contribution in [3.8, 4) is 5.82 Å². The zero-order chi connectivity index (χ0) is 23.5. The zero-order valence-corrected chi connectivity index (χ0v) is 17.9. The molecule has 4 heterocycles. The Morgan fingerprint density at radius 3 is 2.67 bits per heavy atom. The highest BCUT2D eigenvalue weighted by Crippen LogP contribution is 2.07. The van der Waals surface area contributed by atoms with Gasteiger partial charge in [-0.15, -0.1) is 5.10 Å². The summed E-state index contributed by atoms with van der Waals surface area (Å²) in [7, 11) is 0. The third-order valence-electron chi connectivity index (χ3n) is 4.89. The van der Waals surface area contributed by atoms with Gasteiger partial charge in [0, 0.05) is 24.5 Å². The van der Waals surface area contributed by atoms with Gasteiger partial charge in [-0.1, -0.05) is 0 Å². The molecule has 4 aromatic rings. The first kappa shape index (κ1) is 21.7. The Balaban J connectivity index is 1.47. The molecule has 4 aromatic heterocycles. The van der Waals surface area contributed by atoms with Crippen LogP contribution in [0.1, 0.15) is 27.5 Å². The molecule has 4 rings (SSSR count). The quantitative estimate of drug-likeness (QED) is 0.400. The molecule has 0 aromatic carbocycles. The lowest BCUT2D eigenvalue weighted by Crippen LogP contribution is -2.41. The number of H-pyrrole nitrogens is 1. The summed E-state index contributed by atoms with van der Waals surface area (Å²) in [6.07, 6.45) is 2.48. The van der Waals surface area contributed by atoms with E-state index in [4.69, 9.17) is 4.42 Å². The van der Waals surface area contributed by atoms with Crippen LogP contribution in [0, 0.1) is 13.8 Å². The fourth-order valence-corrected chi connectivity index (χ4v) is 3.32. The molecular formula is C21H21N7O5. The largest absolute Gasteiger partial charge is 0.467 e. The van der Waals surface area contributed by atoms with Crippen LogP contribution in [0.2, 0.25) is 0 Å². The molecule has 12 nitrogen and oxygen atoms in total. The molecule has 12 heteroatoms. The minimum absolute atomic E-state index is 0.0308. The van der Waals surface area contributed by atoms with E-state index in [1.807, 2.05) is 19.9 Å². The third-order valence-corrected chi connectivity index (χ3v) is 4.89. The fourth-order valence-electron chi connectivity index (χ4n) is 3.32. The molecule has 2 N–H and O–H groups in total. The van der Waals surface area contributed by atoms with Gasteiger partial charge in [0.15, 0.2) is 5.82 Å². The summed E-state index contributed by atoms with van der Waals surface area (Å²) >= 11 is 0. The number of hydrogen-bond donors (Lipinski definition) is 2. The average Bonchev–Trinajstić information content (AvgIpc) is 3.41. The standard InChI is InChI=1S/C21H21N7O5/c1-13-10-14(2)28(24-13)17-5-6-18(29)27(25-17)8-7-22-19(30)16-11-23-21(32)26(20(16)31)12-15-4-3-9-33-15/h3-6,9-11H,7-8,12H2,1-2H3,(H,22,30)(H,23,32). The molecule has 1 amide bonds. The number of carbonyl (C=O) groups is 1. The van der Waals surface area contributed by atoms with Gasteiger partial charge in [0.05, 0.1) is 25.0 Å². The summed E-state index contributed by atoms with van der Waals surface area (Å²) < 4.78 is 8.86. The maximum atomic E-state index is 12.6. The van der Waals surface area contributed by atoms with Crippen molar-refractivity contribution in [3.05, 3.63) is 96.7 Å². The molecule has 0 aliphatic rings. The predicted molar refractivity (Wildman–Crippen MR) is 117 cm³/mol. The smallest absolute Gasteiger partial charge is 0.328 e. The maximum Gasteiger partial charge on any atom is 0.328 e. The summed E-state index contributed by atoms with van der Waals surface area (Å²) in [6.45, 7) is 3.72. The van der Waals surface area contributed by atoms with Crippen LogP contribution in [0.25, 0.3) is 5.82 Å². The highest BCUT2D eigenvalue weighted by molar-refractivity contribution is 5.93. The van der Waals surface area contributed by atoms with Crippen molar-refractivity contribution in [1.82, 2.24) is 34.4 Å². The Morgan fingerprint density at radius 1 is 1.15 bits per heavy atom. The van der Waals surface area contributed by atoms with Crippen LogP contribution < -0.4 is 22.1 Å². The predicted octanol–water partition coefficient (Wildman–Crippen LogP) is -0.0329. The number of nitrogens with one attached hydrogen (secondary N) is 2. The third kappa shape index (κ3) is 4.59. The monoisotopic (exact) mass is 451 g/mol. The van der Waals surface area contributed by atoms with Crippen molar-refractivity contribution in [3.63, 3.8) is 0 Å². The molecule has 0 aliphatic heterocycles. The highest BCUT2D eigenvalue weighted by atomic mass is 16.3.